The van der Waals surface area contributed by atoms with Crippen molar-refractivity contribution in [3.63, 3.8) is 0 Å². The van der Waals surface area contributed by atoms with E-state index in [0.717, 1.165) is 0 Å². The van der Waals surface area contributed by atoms with E-state index in [1.165, 1.54) is 21.1 Å². The van der Waals surface area contributed by atoms with Crippen molar-refractivity contribution >= 4 is 17.7 Å². The number of Topliss-reactive ketones (excluding diaryl/α,β-unsaturated/α-hetero) is 1. The molecule has 0 saturated heterocycles. The first-order chi connectivity index (χ1) is 6.51. The predicted octanol–water partition coefficient (Wildman–Crippen LogP) is 0.318. The Kier molecular flexibility index (Phi) is 5.52. The number of esters is 2. The summed E-state index contributed by atoms with van der Waals surface area (Å²) in [6.45, 7) is 1.35. The molecule has 0 aromatic carbocycles. The third-order valence-corrected chi connectivity index (χ3v) is 1.71. The highest BCUT2D eigenvalue weighted by molar-refractivity contribution is 5.86. The van der Waals surface area contributed by atoms with Gasteiger partial charge in [-0.25, -0.2) is 0 Å². The summed E-state index contributed by atoms with van der Waals surface area (Å²) in [6, 6.07) is 0. The number of carbonyl (C=O) groups excluding carboxylic acids is 3. The minimum absolute atomic E-state index is 0.00176. The number of hydrogen-bond acceptors (Lipinski definition) is 5. The Morgan fingerprint density at radius 3 is 2.00 bits per heavy atom. The zero-order chi connectivity index (χ0) is 11.1. The number of rotatable bonds is 5. The third-order valence-electron chi connectivity index (χ3n) is 1.71. The molecule has 0 fully saturated rings. The highest BCUT2D eigenvalue weighted by atomic mass is 16.5. The van der Waals surface area contributed by atoms with E-state index in [2.05, 4.69) is 9.47 Å². The molecule has 0 aromatic rings. The molecule has 0 bridgehead atoms. The topological polar surface area (TPSA) is 69.7 Å². The van der Waals surface area contributed by atoms with E-state index >= 15 is 0 Å². The van der Waals surface area contributed by atoms with Crippen molar-refractivity contribution in [3.8, 4) is 0 Å². The lowest BCUT2D eigenvalue weighted by Gasteiger charge is -2.10. The van der Waals surface area contributed by atoms with Crippen molar-refractivity contribution in [3.05, 3.63) is 0 Å². The van der Waals surface area contributed by atoms with E-state index in [4.69, 9.17) is 0 Å². The number of carbonyl (C=O) groups is 3. The normalized spacial score (nSPS) is 11.6. The van der Waals surface area contributed by atoms with Gasteiger partial charge in [0, 0.05) is 6.42 Å². The predicted molar refractivity (Wildman–Crippen MR) is 47.4 cm³/mol. The Hall–Kier alpha value is -1.39. The standard InChI is InChI=1S/C9H14O5/c1-6(10)4-7(9(12)14-3)5-8(11)13-2/h7H,4-5H2,1-3H3/t7-/m0/s1. The fourth-order valence-corrected chi connectivity index (χ4v) is 1.04. The molecule has 0 heterocycles. The van der Waals surface area contributed by atoms with E-state index in [9.17, 15) is 14.4 Å². The van der Waals surface area contributed by atoms with Crippen LogP contribution in [0.4, 0.5) is 0 Å². The van der Waals surface area contributed by atoms with Crippen LogP contribution in [-0.2, 0) is 23.9 Å². The highest BCUT2D eigenvalue weighted by Gasteiger charge is 2.24. The number of ether oxygens (including phenoxy) is 2. The lowest BCUT2D eigenvalue weighted by molar-refractivity contribution is -0.153. The van der Waals surface area contributed by atoms with Gasteiger partial charge in [-0.15, -0.1) is 0 Å². The number of ketones is 1. The van der Waals surface area contributed by atoms with Gasteiger partial charge in [0.2, 0.25) is 0 Å². The smallest absolute Gasteiger partial charge is 0.309 e. The van der Waals surface area contributed by atoms with Gasteiger partial charge >= 0.3 is 11.9 Å². The molecule has 1 atom stereocenters. The minimum Gasteiger partial charge on any atom is -0.469 e. The zero-order valence-electron chi connectivity index (χ0n) is 8.53. The lowest BCUT2D eigenvalue weighted by Crippen LogP contribution is -2.22. The van der Waals surface area contributed by atoms with Crippen LogP contribution in [0.5, 0.6) is 0 Å². The molecule has 0 saturated carbocycles. The summed E-state index contributed by atoms with van der Waals surface area (Å²) in [6.07, 6.45) is -0.121. The molecule has 5 heteroatoms. The summed E-state index contributed by atoms with van der Waals surface area (Å²) >= 11 is 0. The van der Waals surface area contributed by atoms with Crippen LogP contribution in [0.2, 0.25) is 0 Å². The van der Waals surface area contributed by atoms with Gasteiger partial charge in [-0.2, -0.15) is 0 Å². The second-order valence-corrected chi connectivity index (χ2v) is 2.91. The Morgan fingerprint density at radius 1 is 1.07 bits per heavy atom. The zero-order valence-corrected chi connectivity index (χ0v) is 8.53. The molecule has 80 valence electrons. The molecule has 14 heavy (non-hydrogen) atoms. The molecule has 0 aliphatic carbocycles. The van der Waals surface area contributed by atoms with Crippen molar-refractivity contribution in [2.45, 2.75) is 19.8 Å². The molecular weight excluding hydrogens is 188 g/mol. The second kappa shape index (κ2) is 6.12. The molecule has 0 amide bonds. The van der Waals surface area contributed by atoms with Crippen molar-refractivity contribution in [1.29, 1.82) is 0 Å². The largest absolute Gasteiger partial charge is 0.469 e. The van der Waals surface area contributed by atoms with Gasteiger partial charge in [-0.3, -0.25) is 9.59 Å². The Balaban J connectivity index is 4.31. The van der Waals surface area contributed by atoms with Crippen LogP contribution in [0.1, 0.15) is 19.8 Å². The fourth-order valence-electron chi connectivity index (χ4n) is 1.04. The van der Waals surface area contributed by atoms with Gasteiger partial charge in [0.05, 0.1) is 26.6 Å². The summed E-state index contributed by atoms with van der Waals surface area (Å²) in [5.41, 5.74) is 0. The average molecular weight is 202 g/mol. The Labute approximate surface area is 82.4 Å². The molecule has 0 aromatic heterocycles. The van der Waals surface area contributed by atoms with Gasteiger partial charge in [-0.1, -0.05) is 0 Å². The maximum atomic E-state index is 11.1. The quantitative estimate of drug-likeness (QED) is 0.600. The van der Waals surface area contributed by atoms with Crippen LogP contribution in [0.15, 0.2) is 0 Å². The summed E-state index contributed by atoms with van der Waals surface area (Å²) in [4.78, 5) is 32.8. The van der Waals surface area contributed by atoms with Crippen LogP contribution < -0.4 is 0 Å². The maximum absolute atomic E-state index is 11.1. The molecular formula is C9H14O5. The van der Waals surface area contributed by atoms with Gasteiger partial charge in [0.1, 0.15) is 5.78 Å². The van der Waals surface area contributed by atoms with Crippen LogP contribution in [0.3, 0.4) is 0 Å². The number of hydrogen-bond donors (Lipinski definition) is 0. The van der Waals surface area contributed by atoms with Gasteiger partial charge in [-0.05, 0) is 6.92 Å². The molecule has 0 N–H and O–H groups in total. The summed E-state index contributed by atoms with van der Waals surface area (Å²) in [7, 11) is 2.44. The first-order valence-corrected chi connectivity index (χ1v) is 4.15. The van der Waals surface area contributed by atoms with Crippen molar-refractivity contribution in [1.82, 2.24) is 0 Å². The fraction of sp³-hybridized carbons (Fsp3) is 0.667. The molecule has 0 radical (unpaired) electrons. The SMILES string of the molecule is COC(=O)C[C@H](CC(C)=O)C(=O)OC. The molecule has 0 rings (SSSR count). The van der Waals surface area contributed by atoms with E-state index in [1.54, 1.807) is 0 Å². The van der Waals surface area contributed by atoms with Crippen LogP contribution in [-0.4, -0.2) is 31.9 Å². The minimum atomic E-state index is -0.732. The van der Waals surface area contributed by atoms with Gasteiger partial charge in [0.15, 0.2) is 0 Å². The summed E-state index contributed by atoms with van der Waals surface area (Å²) in [5.74, 6) is -1.98. The second-order valence-electron chi connectivity index (χ2n) is 2.91. The first-order valence-electron chi connectivity index (χ1n) is 4.15. The number of methoxy groups -OCH3 is 2. The third kappa shape index (κ3) is 4.59. The van der Waals surface area contributed by atoms with Crippen LogP contribution >= 0.6 is 0 Å². The maximum Gasteiger partial charge on any atom is 0.309 e. The van der Waals surface area contributed by atoms with Crippen LogP contribution in [0, 0.1) is 5.92 Å². The Bertz CT molecular complexity index is 233. The highest BCUT2D eigenvalue weighted by Crippen LogP contribution is 2.12. The first kappa shape index (κ1) is 12.6. The monoisotopic (exact) mass is 202 g/mol. The van der Waals surface area contributed by atoms with E-state index in [1.807, 2.05) is 0 Å². The average Bonchev–Trinajstić information content (AvgIpc) is 2.14. The molecule has 0 spiro atoms. The summed E-state index contributed by atoms with van der Waals surface area (Å²) < 4.78 is 8.86. The van der Waals surface area contributed by atoms with Gasteiger partial charge < -0.3 is 14.3 Å². The lowest BCUT2D eigenvalue weighted by atomic mass is 9.99. The van der Waals surface area contributed by atoms with E-state index in [-0.39, 0.29) is 18.6 Å². The van der Waals surface area contributed by atoms with Gasteiger partial charge in [0.25, 0.3) is 0 Å². The molecule has 0 aliphatic rings. The van der Waals surface area contributed by atoms with E-state index in [0.29, 0.717) is 0 Å². The summed E-state index contributed by atoms with van der Waals surface area (Å²) in [5, 5.41) is 0. The van der Waals surface area contributed by atoms with Crippen LogP contribution in [0.25, 0.3) is 0 Å². The molecule has 0 aliphatic heterocycles. The van der Waals surface area contributed by atoms with Crippen molar-refractivity contribution in [2.24, 2.45) is 5.92 Å². The molecule has 0 unspecified atom stereocenters. The Morgan fingerprint density at radius 2 is 1.64 bits per heavy atom. The van der Waals surface area contributed by atoms with E-state index < -0.39 is 17.9 Å². The molecule has 5 nitrogen and oxygen atoms in total. The van der Waals surface area contributed by atoms with Crippen molar-refractivity contribution in [2.75, 3.05) is 14.2 Å². The van der Waals surface area contributed by atoms with Crippen molar-refractivity contribution < 1.29 is 23.9 Å².